The van der Waals surface area contributed by atoms with Crippen LogP contribution in [-0.2, 0) is 0 Å². The van der Waals surface area contributed by atoms with Crippen molar-refractivity contribution in [3.8, 4) is 6.07 Å². The number of hydrogen-bond donors (Lipinski definition) is 1. The molecule has 1 aliphatic rings. The molecule has 0 saturated heterocycles. The summed E-state index contributed by atoms with van der Waals surface area (Å²) in [4.78, 5) is 0. The van der Waals surface area contributed by atoms with Gasteiger partial charge in [-0.05, 0) is 48.6 Å². The molecule has 106 valence electrons. The van der Waals surface area contributed by atoms with Gasteiger partial charge in [-0.2, -0.15) is 5.26 Å². The zero-order valence-corrected chi connectivity index (χ0v) is 13.7. The van der Waals surface area contributed by atoms with Crippen LogP contribution in [0.5, 0.6) is 0 Å². The van der Waals surface area contributed by atoms with Gasteiger partial charge in [0.2, 0.25) is 0 Å². The predicted molar refractivity (Wildman–Crippen MR) is 89.7 cm³/mol. The van der Waals surface area contributed by atoms with Crippen LogP contribution in [0.2, 0.25) is 5.02 Å². The minimum Gasteiger partial charge on any atom is -0.381 e. The Kier molecular flexibility index (Phi) is 4.19. The van der Waals surface area contributed by atoms with E-state index in [2.05, 4.69) is 45.5 Å². The third kappa shape index (κ3) is 3.07. The lowest BCUT2D eigenvalue weighted by Crippen LogP contribution is -2.34. The number of rotatable bonds is 3. The third-order valence-electron chi connectivity index (χ3n) is 3.94. The Morgan fingerprint density at radius 2 is 1.95 bits per heavy atom. The van der Waals surface area contributed by atoms with Crippen molar-refractivity contribution in [3.05, 3.63) is 63.1 Å². The van der Waals surface area contributed by atoms with Crippen molar-refractivity contribution in [1.29, 1.82) is 5.26 Å². The Morgan fingerprint density at radius 1 is 1.19 bits per heavy atom. The lowest BCUT2D eigenvalue weighted by molar-refractivity contribution is 0.373. The van der Waals surface area contributed by atoms with E-state index in [0.717, 1.165) is 18.5 Å². The number of nitrogens with zero attached hydrogens (tertiary/aromatic N) is 1. The highest BCUT2D eigenvalue weighted by atomic mass is 79.9. The first kappa shape index (κ1) is 14.4. The van der Waals surface area contributed by atoms with Crippen LogP contribution < -0.4 is 5.32 Å². The van der Waals surface area contributed by atoms with Gasteiger partial charge >= 0.3 is 0 Å². The van der Waals surface area contributed by atoms with Crippen molar-refractivity contribution < 1.29 is 0 Å². The SMILES string of the molecule is N#Cc1ccc(Cl)c(NC2CC(c3ccccc3Br)C2)c1. The fourth-order valence-electron chi connectivity index (χ4n) is 2.72. The van der Waals surface area contributed by atoms with Gasteiger partial charge in [0, 0.05) is 10.5 Å². The molecule has 1 aliphatic carbocycles. The van der Waals surface area contributed by atoms with Crippen LogP contribution in [0.1, 0.15) is 29.9 Å². The summed E-state index contributed by atoms with van der Waals surface area (Å²) in [6.45, 7) is 0. The summed E-state index contributed by atoms with van der Waals surface area (Å²) in [5, 5.41) is 13.1. The average molecular weight is 362 g/mol. The lowest BCUT2D eigenvalue weighted by Gasteiger charge is -2.37. The Morgan fingerprint density at radius 3 is 2.67 bits per heavy atom. The van der Waals surface area contributed by atoms with Crippen LogP contribution in [0.25, 0.3) is 0 Å². The van der Waals surface area contributed by atoms with Crippen LogP contribution in [0.15, 0.2) is 46.9 Å². The van der Waals surface area contributed by atoms with E-state index in [9.17, 15) is 0 Å². The van der Waals surface area contributed by atoms with Crippen molar-refractivity contribution >= 4 is 33.2 Å². The van der Waals surface area contributed by atoms with E-state index in [-0.39, 0.29) is 0 Å². The third-order valence-corrected chi connectivity index (χ3v) is 4.99. The molecule has 3 rings (SSSR count). The quantitative estimate of drug-likeness (QED) is 0.801. The van der Waals surface area contributed by atoms with E-state index in [1.165, 1.54) is 10.0 Å². The lowest BCUT2D eigenvalue weighted by atomic mass is 9.76. The summed E-state index contributed by atoms with van der Waals surface area (Å²) in [6, 6.07) is 16.2. The van der Waals surface area contributed by atoms with Crippen molar-refractivity contribution in [2.75, 3.05) is 5.32 Å². The first-order chi connectivity index (χ1) is 10.2. The highest BCUT2D eigenvalue weighted by Gasteiger charge is 2.31. The second-order valence-electron chi connectivity index (χ2n) is 5.34. The van der Waals surface area contributed by atoms with Crippen molar-refractivity contribution in [3.63, 3.8) is 0 Å². The van der Waals surface area contributed by atoms with Gasteiger partial charge < -0.3 is 5.32 Å². The summed E-state index contributed by atoms with van der Waals surface area (Å²) in [5.41, 5.74) is 2.85. The average Bonchev–Trinajstić information content (AvgIpc) is 2.45. The van der Waals surface area contributed by atoms with Gasteiger partial charge in [-0.15, -0.1) is 0 Å². The molecule has 1 fully saturated rings. The fraction of sp³-hybridized carbons (Fsp3) is 0.235. The van der Waals surface area contributed by atoms with E-state index in [0.29, 0.717) is 22.5 Å². The molecule has 4 heteroatoms. The minimum absolute atomic E-state index is 0.411. The standard InChI is InChI=1S/C17H14BrClN2/c18-15-4-2-1-3-14(15)12-8-13(9-12)21-17-7-11(10-20)5-6-16(17)19/h1-7,12-13,21H,8-9H2. The second kappa shape index (κ2) is 6.09. The van der Waals surface area contributed by atoms with E-state index in [4.69, 9.17) is 16.9 Å². The summed E-state index contributed by atoms with van der Waals surface area (Å²) in [6.07, 6.45) is 2.16. The normalized spacial score (nSPS) is 20.4. The molecule has 0 aromatic heterocycles. The van der Waals surface area contributed by atoms with Crippen LogP contribution in [0, 0.1) is 11.3 Å². The molecule has 0 radical (unpaired) electrons. The van der Waals surface area contributed by atoms with Gasteiger partial charge in [0.25, 0.3) is 0 Å². The molecule has 1 saturated carbocycles. The smallest absolute Gasteiger partial charge is 0.0992 e. The number of hydrogen-bond acceptors (Lipinski definition) is 2. The van der Waals surface area contributed by atoms with Crippen molar-refractivity contribution in [2.24, 2.45) is 0 Å². The maximum Gasteiger partial charge on any atom is 0.0992 e. The largest absolute Gasteiger partial charge is 0.381 e. The molecule has 0 spiro atoms. The van der Waals surface area contributed by atoms with Gasteiger partial charge in [-0.25, -0.2) is 0 Å². The molecule has 0 amide bonds. The number of anilines is 1. The minimum atomic E-state index is 0.411. The summed E-state index contributed by atoms with van der Waals surface area (Å²) in [7, 11) is 0. The van der Waals surface area contributed by atoms with Crippen molar-refractivity contribution in [1.82, 2.24) is 0 Å². The molecule has 1 N–H and O–H groups in total. The van der Waals surface area contributed by atoms with Crippen LogP contribution in [0.3, 0.4) is 0 Å². The van der Waals surface area contributed by atoms with Gasteiger partial charge in [0.15, 0.2) is 0 Å². The Bertz CT molecular complexity index is 702. The van der Waals surface area contributed by atoms with E-state index < -0.39 is 0 Å². The highest BCUT2D eigenvalue weighted by molar-refractivity contribution is 9.10. The molecule has 21 heavy (non-hydrogen) atoms. The number of nitrogens with one attached hydrogen (secondary N) is 1. The van der Waals surface area contributed by atoms with Crippen molar-refractivity contribution in [2.45, 2.75) is 24.8 Å². The van der Waals surface area contributed by atoms with Crippen LogP contribution in [-0.4, -0.2) is 6.04 Å². The Hall–Kier alpha value is -1.50. The Balaban J connectivity index is 1.66. The van der Waals surface area contributed by atoms with Gasteiger partial charge in [0.1, 0.15) is 0 Å². The molecule has 2 aromatic rings. The predicted octanol–water partition coefficient (Wildman–Crippen LogP) is 5.33. The molecule has 0 bridgehead atoms. The summed E-state index contributed by atoms with van der Waals surface area (Å²) >= 11 is 9.79. The topological polar surface area (TPSA) is 35.8 Å². The molecular weight excluding hydrogens is 348 g/mol. The monoisotopic (exact) mass is 360 g/mol. The van der Waals surface area contributed by atoms with Gasteiger partial charge in [-0.3, -0.25) is 0 Å². The number of halogens is 2. The maximum atomic E-state index is 8.95. The zero-order valence-electron chi connectivity index (χ0n) is 11.3. The molecule has 0 heterocycles. The fourth-order valence-corrected chi connectivity index (χ4v) is 3.50. The first-order valence-corrected chi connectivity index (χ1v) is 8.05. The highest BCUT2D eigenvalue weighted by Crippen LogP contribution is 2.41. The first-order valence-electron chi connectivity index (χ1n) is 6.88. The molecule has 2 aromatic carbocycles. The Labute approximate surface area is 137 Å². The molecule has 0 aliphatic heterocycles. The van der Waals surface area contributed by atoms with Gasteiger partial charge in [-0.1, -0.05) is 45.7 Å². The summed E-state index contributed by atoms with van der Waals surface area (Å²) in [5.74, 6) is 0.580. The molecule has 0 atom stereocenters. The van der Waals surface area contributed by atoms with E-state index in [1.807, 2.05) is 12.1 Å². The van der Waals surface area contributed by atoms with E-state index >= 15 is 0 Å². The van der Waals surface area contributed by atoms with Crippen LogP contribution in [0.4, 0.5) is 5.69 Å². The molecule has 0 unspecified atom stereocenters. The number of benzene rings is 2. The number of nitriles is 1. The second-order valence-corrected chi connectivity index (χ2v) is 6.60. The molecular formula is C17H14BrClN2. The maximum absolute atomic E-state index is 8.95. The van der Waals surface area contributed by atoms with E-state index in [1.54, 1.807) is 12.1 Å². The van der Waals surface area contributed by atoms with Crippen LogP contribution >= 0.6 is 27.5 Å². The summed E-state index contributed by atoms with van der Waals surface area (Å²) < 4.78 is 1.18. The zero-order chi connectivity index (χ0) is 14.8. The van der Waals surface area contributed by atoms with Gasteiger partial charge in [0.05, 0.1) is 22.3 Å². The molecule has 2 nitrogen and oxygen atoms in total.